The first-order valence-corrected chi connectivity index (χ1v) is 8.11. The number of nitrogens with zero attached hydrogens (tertiary/aromatic N) is 1. The lowest BCUT2D eigenvalue weighted by Crippen LogP contribution is -2.09. The molecule has 0 saturated carbocycles. The highest BCUT2D eigenvalue weighted by atomic mass is 16.3. The number of nitrogens with one attached hydrogen (secondary N) is 1. The van der Waals surface area contributed by atoms with E-state index in [-0.39, 0.29) is 5.92 Å². The zero-order valence-corrected chi connectivity index (χ0v) is 13.9. The van der Waals surface area contributed by atoms with E-state index in [1.165, 1.54) is 22.2 Å². The van der Waals surface area contributed by atoms with E-state index in [9.17, 15) is 0 Å². The van der Waals surface area contributed by atoms with Gasteiger partial charge in [0.2, 0.25) is 0 Å². The minimum Gasteiger partial charge on any atom is -0.468 e. The Morgan fingerprint density at radius 3 is 2.42 bits per heavy atom. The lowest BCUT2D eigenvalue weighted by molar-refractivity contribution is 0.504. The average molecular weight is 316 g/mol. The van der Waals surface area contributed by atoms with Gasteiger partial charge in [0.1, 0.15) is 5.76 Å². The molecule has 0 saturated heterocycles. The monoisotopic (exact) mass is 316 g/mol. The fourth-order valence-corrected chi connectivity index (χ4v) is 3.25. The predicted molar refractivity (Wildman–Crippen MR) is 98.7 cm³/mol. The highest BCUT2D eigenvalue weighted by molar-refractivity contribution is 5.84. The molecule has 2 heterocycles. The Morgan fingerprint density at radius 1 is 0.917 bits per heavy atom. The minimum atomic E-state index is 0.0763. The van der Waals surface area contributed by atoms with Crippen molar-refractivity contribution in [2.75, 3.05) is 19.0 Å². The van der Waals surface area contributed by atoms with E-state index in [0.717, 1.165) is 11.3 Å². The molecular weight excluding hydrogens is 296 g/mol. The molecule has 1 N–H and O–H groups in total. The quantitative estimate of drug-likeness (QED) is 0.574. The maximum Gasteiger partial charge on any atom is 0.115 e. The molecule has 2 aromatic heterocycles. The molecule has 3 heteroatoms. The zero-order valence-electron chi connectivity index (χ0n) is 13.9. The molecule has 0 bridgehead atoms. The first kappa shape index (κ1) is 14.6. The number of furan rings is 1. The maximum atomic E-state index is 5.78. The van der Waals surface area contributed by atoms with Gasteiger partial charge in [-0.3, -0.25) is 0 Å². The van der Waals surface area contributed by atoms with Gasteiger partial charge in [-0.1, -0.05) is 30.3 Å². The molecule has 0 fully saturated rings. The van der Waals surface area contributed by atoms with Crippen LogP contribution in [0.3, 0.4) is 0 Å². The van der Waals surface area contributed by atoms with Gasteiger partial charge in [-0.25, -0.2) is 0 Å². The first-order valence-electron chi connectivity index (χ1n) is 8.11. The van der Waals surface area contributed by atoms with Gasteiger partial charge in [-0.15, -0.1) is 0 Å². The third kappa shape index (κ3) is 2.48. The van der Waals surface area contributed by atoms with E-state index in [1.54, 1.807) is 6.26 Å². The van der Waals surface area contributed by atoms with Crippen LogP contribution < -0.4 is 4.90 Å². The van der Waals surface area contributed by atoms with E-state index < -0.39 is 0 Å². The Morgan fingerprint density at radius 2 is 1.71 bits per heavy atom. The predicted octanol–water partition coefficient (Wildman–Crippen LogP) is 5.01. The Balaban J connectivity index is 1.86. The molecule has 2 aromatic carbocycles. The summed E-state index contributed by atoms with van der Waals surface area (Å²) in [5, 5.41) is 1.23. The summed E-state index contributed by atoms with van der Waals surface area (Å²) < 4.78 is 5.78. The van der Waals surface area contributed by atoms with Crippen LogP contribution in [0.4, 0.5) is 5.69 Å². The van der Waals surface area contributed by atoms with Gasteiger partial charge < -0.3 is 14.3 Å². The summed E-state index contributed by atoms with van der Waals surface area (Å²) in [7, 11) is 4.11. The van der Waals surface area contributed by atoms with Crippen LogP contribution in [0.2, 0.25) is 0 Å². The van der Waals surface area contributed by atoms with E-state index in [0.29, 0.717) is 0 Å². The third-order valence-electron chi connectivity index (χ3n) is 4.50. The number of para-hydroxylation sites is 1. The summed E-state index contributed by atoms with van der Waals surface area (Å²) in [6.45, 7) is 0. The van der Waals surface area contributed by atoms with E-state index in [1.807, 2.05) is 12.1 Å². The van der Waals surface area contributed by atoms with Gasteiger partial charge in [-0.2, -0.15) is 0 Å². The van der Waals surface area contributed by atoms with Gasteiger partial charge in [0, 0.05) is 36.9 Å². The van der Waals surface area contributed by atoms with Crippen molar-refractivity contribution in [3.63, 3.8) is 0 Å². The summed E-state index contributed by atoms with van der Waals surface area (Å²) in [6.07, 6.45) is 3.84. The fraction of sp³-hybridized carbons (Fsp3) is 0.143. The number of benzene rings is 2. The van der Waals surface area contributed by atoms with Crippen LogP contribution in [-0.4, -0.2) is 19.1 Å². The first-order chi connectivity index (χ1) is 11.7. The molecule has 0 spiro atoms. The van der Waals surface area contributed by atoms with Crippen molar-refractivity contribution in [3.05, 3.63) is 90.0 Å². The normalized spacial score (nSPS) is 12.4. The SMILES string of the molecule is CN(C)c1ccc(C(c2ccco2)c2c[nH]c3ccccc23)cc1. The van der Waals surface area contributed by atoms with E-state index in [4.69, 9.17) is 4.42 Å². The number of aromatic amines is 1. The summed E-state index contributed by atoms with van der Waals surface area (Å²) in [6, 6.07) is 21.1. The number of hydrogen-bond donors (Lipinski definition) is 1. The number of anilines is 1. The molecule has 0 aliphatic rings. The third-order valence-corrected chi connectivity index (χ3v) is 4.50. The highest BCUT2D eigenvalue weighted by Gasteiger charge is 2.22. The van der Waals surface area contributed by atoms with Crippen molar-refractivity contribution >= 4 is 16.6 Å². The van der Waals surface area contributed by atoms with Gasteiger partial charge >= 0.3 is 0 Å². The van der Waals surface area contributed by atoms with Crippen LogP contribution in [-0.2, 0) is 0 Å². The summed E-state index contributed by atoms with van der Waals surface area (Å²) >= 11 is 0. The van der Waals surface area contributed by atoms with Gasteiger partial charge in [0.15, 0.2) is 0 Å². The highest BCUT2D eigenvalue weighted by Crippen LogP contribution is 2.36. The number of H-pyrrole nitrogens is 1. The molecule has 120 valence electrons. The summed E-state index contributed by atoms with van der Waals surface area (Å²) in [4.78, 5) is 5.49. The van der Waals surface area contributed by atoms with Crippen molar-refractivity contribution in [2.45, 2.75) is 5.92 Å². The molecule has 1 unspecified atom stereocenters. The van der Waals surface area contributed by atoms with Gasteiger partial charge in [0.05, 0.1) is 12.2 Å². The van der Waals surface area contributed by atoms with Crippen molar-refractivity contribution in [1.82, 2.24) is 4.98 Å². The lowest BCUT2D eigenvalue weighted by Gasteiger charge is -2.17. The molecule has 4 rings (SSSR count). The summed E-state index contributed by atoms with van der Waals surface area (Å²) in [5.74, 6) is 1.03. The van der Waals surface area contributed by atoms with Crippen LogP contribution in [0.25, 0.3) is 10.9 Å². The smallest absolute Gasteiger partial charge is 0.115 e. The molecule has 0 aliphatic carbocycles. The zero-order chi connectivity index (χ0) is 16.5. The number of hydrogen-bond acceptors (Lipinski definition) is 2. The Hall–Kier alpha value is -2.94. The second kappa shape index (κ2) is 5.93. The number of aromatic nitrogens is 1. The van der Waals surface area contributed by atoms with E-state index in [2.05, 4.69) is 78.7 Å². The Labute approximate surface area is 141 Å². The van der Waals surface area contributed by atoms with Crippen molar-refractivity contribution in [3.8, 4) is 0 Å². The van der Waals surface area contributed by atoms with Crippen molar-refractivity contribution in [2.24, 2.45) is 0 Å². The average Bonchev–Trinajstić information content (AvgIpc) is 3.27. The second-order valence-corrected chi connectivity index (χ2v) is 6.22. The Bertz CT molecular complexity index is 934. The molecule has 1 atom stereocenters. The molecule has 4 aromatic rings. The molecule has 0 radical (unpaired) electrons. The molecule has 3 nitrogen and oxygen atoms in total. The van der Waals surface area contributed by atoms with E-state index >= 15 is 0 Å². The molecule has 24 heavy (non-hydrogen) atoms. The fourth-order valence-electron chi connectivity index (χ4n) is 3.25. The van der Waals surface area contributed by atoms with Crippen LogP contribution in [0, 0.1) is 0 Å². The molecule has 0 aliphatic heterocycles. The number of fused-ring (bicyclic) bond motifs is 1. The topological polar surface area (TPSA) is 32.2 Å². The van der Waals surface area contributed by atoms with Crippen LogP contribution in [0.5, 0.6) is 0 Å². The lowest BCUT2D eigenvalue weighted by atomic mass is 9.89. The standard InChI is InChI=1S/C21H20N2O/c1-23(2)16-11-9-15(10-12-16)21(20-8-5-13-24-20)18-14-22-19-7-4-3-6-17(18)19/h3-14,21-22H,1-2H3. The van der Waals surface area contributed by atoms with Crippen LogP contribution in [0.1, 0.15) is 22.8 Å². The Kier molecular flexibility index (Phi) is 3.62. The van der Waals surface area contributed by atoms with Crippen LogP contribution >= 0.6 is 0 Å². The molecule has 0 amide bonds. The second-order valence-electron chi connectivity index (χ2n) is 6.22. The molecular formula is C21H20N2O. The van der Waals surface area contributed by atoms with Crippen molar-refractivity contribution < 1.29 is 4.42 Å². The summed E-state index contributed by atoms with van der Waals surface area (Å²) in [5.41, 5.74) is 4.79. The van der Waals surface area contributed by atoms with Gasteiger partial charge in [-0.05, 0) is 41.5 Å². The maximum absolute atomic E-state index is 5.78. The minimum absolute atomic E-state index is 0.0763. The largest absolute Gasteiger partial charge is 0.468 e. The van der Waals surface area contributed by atoms with Gasteiger partial charge in [0.25, 0.3) is 0 Å². The van der Waals surface area contributed by atoms with Crippen LogP contribution in [0.15, 0.2) is 77.5 Å². The van der Waals surface area contributed by atoms with Crippen molar-refractivity contribution in [1.29, 1.82) is 0 Å². The number of rotatable bonds is 4.